The first-order valence-electron chi connectivity index (χ1n) is 7.12. The molecule has 0 aliphatic rings. The van der Waals surface area contributed by atoms with Gasteiger partial charge in [0, 0.05) is 5.56 Å². The number of carbonyl (C=O) groups is 1. The molecule has 0 saturated carbocycles. The van der Waals surface area contributed by atoms with E-state index in [1.807, 2.05) is 26.8 Å². The predicted octanol–water partition coefficient (Wildman–Crippen LogP) is 4.40. The van der Waals surface area contributed by atoms with Crippen molar-refractivity contribution in [2.45, 2.75) is 26.7 Å². The summed E-state index contributed by atoms with van der Waals surface area (Å²) >= 11 is 0. The highest BCUT2D eigenvalue weighted by Crippen LogP contribution is 2.34. The van der Waals surface area contributed by atoms with Crippen LogP contribution in [0.15, 0.2) is 36.4 Å². The Morgan fingerprint density at radius 1 is 1.09 bits per heavy atom. The normalized spacial score (nSPS) is 10.6. The van der Waals surface area contributed by atoms with E-state index in [0.29, 0.717) is 22.8 Å². The van der Waals surface area contributed by atoms with Gasteiger partial charge in [-0.1, -0.05) is 13.8 Å². The number of phenolic OH excluding ortho intramolecular Hbond substituents is 1. The maximum atomic E-state index is 11.4. The average molecular weight is 300 g/mol. The van der Waals surface area contributed by atoms with Crippen molar-refractivity contribution in [1.29, 1.82) is 0 Å². The molecule has 2 aromatic rings. The molecule has 0 heterocycles. The summed E-state index contributed by atoms with van der Waals surface area (Å²) in [6.07, 6.45) is 0. The summed E-state index contributed by atoms with van der Waals surface area (Å²) in [4.78, 5) is 11.4. The number of benzene rings is 2. The number of aryl methyl sites for hydroxylation is 1. The van der Waals surface area contributed by atoms with Gasteiger partial charge in [0.2, 0.25) is 0 Å². The molecule has 116 valence electrons. The fourth-order valence-electron chi connectivity index (χ4n) is 2.18. The minimum atomic E-state index is -0.380. The second-order valence-corrected chi connectivity index (χ2v) is 5.45. The van der Waals surface area contributed by atoms with Crippen molar-refractivity contribution in [2.75, 3.05) is 7.11 Å². The monoisotopic (exact) mass is 300 g/mol. The summed E-state index contributed by atoms with van der Waals surface area (Å²) < 4.78 is 10.5. The Balaban J connectivity index is 2.25. The molecular formula is C18H20O4. The standard InChI is InChI=1S/C18H20O4/c1-11(2)16-10-15(9-12(3)17(16)19)22-14-7-5-13(6-8-14)18(20)21-4/h5-11,19H,1-4H3. The summed E-state index contributed by atoms with van der Waals surface area (Å²) in [6, 6.07) is 10.3. The number of carbonyl (C=O) groups excluding carboxylic acids is 1. The fraction of sp³-hybridized carbons (Fsp3) is 0.278. The summed E-state index contributed by atoms with van der Waals surface area (Å²) in [6.45, 7) is 5.88. The molecule has 22 heavy (non-hydrogen) atoms. The molecule has 0 radical (unpaired) electrons. The third-order valence-electron chi connectivity index (χ3n) is 3.44. The van der Waals surface area contributed by atoms with Crippen molar-refractivity contribution < 1.29 is 19.4 Å². The molecule has 0 aliphatic heterocycles. The highest BCUT2D eigenvalue weighted by atomic mass is 16.5. The van der Waals surface area contributed by atoms with Gasteiger partial charge in [0.1, 0.15) is 17.2 Å². The Morgan fingerprint density at radius 3 is 2.27 bits per heavy atom. The quantitative estimate of drug-likeness (QED) is 0.850. The van der Waals surface area contributed by atoms with Crippen molar-refractivity contribution in [3.63, 3.8) is 0 Å². The highest BCUT2D eigenvalue weighted by Gasteiger charge is 2.12. The average Bonchev–Trinajstić information content (AvgIpc) is 2.50. The first kappa shape index (κ1) is 15.9. The van der Waals surface area contributed by atoms with Gasteiger partial charge in [0.15, 0.2) is 0 Å². The third kappa shape index (κ3) is 3.39. The van der Waals surface area contributed by atoms with Gasteiger partial charge in [-0.2, -0.15) is 0 Å². The van der Waals surface area contributed by atoms with Gasteiger partial charge in [-0.15, -0.1) is 0 Å². The van der Waals surface area contributed by atoms with Gasteiger partial charge in [0.05, 0.1) is 12.7 Å². The lowest BCUT2D eigenvalue weighted by molar-refractivity contribution is 0.0600. The van der Waals surface area contributed by atoms with E-state index in [2.05, 4.69) is 4.74 Å². The molecule has 2 rings (SSSR count). The summed E-state index contributed by atoms with van der Waals surface area (Å²) in [7, 11) is 1.35. The van der Waals surface area contributed by atoms with Crippen LogP contribution in [0.2, 0.25) is 0 Å². The van der Waals surface area contributed by atoms with Gasteiger partial charge in [-0.05, 0) is 54.8 Å². The topological polar surface area (TPSA) is 55.8 Å². The number of hydrogen-bond donors (Lipinski definition) is 1. The molecule has 4 heteroatoms. The molecular weight excluding hydrogens is 280 g/mol. The van der Waals surface area contributed by atoms with E-state index in [-0.39, 0.29) is 11.9 Å². The van der Waals surface area contributed by atoms with Crippen LogP contribution in [0.3, 0.4) is 0 Å². The summed E-state index contributed by atoms with van der Waals surface area (Å²) in [5.74, 6) is 1.40. The number of esters is 1. The van der Waals surface area contributed by atoms with E-state index in [1.54, 1.807) is 30.3 Å². The van der Waals surface area contributed by atoms with Crippen LogP contribution in [-0.4, -0.2) is 18.2 Å². The summed E-state index contributed by atoms with van der Waals surface area (Å²) in [5, 5.41) is 10.1. The minimum absolute atomic E-state index is 0.198. The first-order chi connectivity index (χ1) is 10.4. The zero-order chi connectivity index (χ0) is 16.3. The SMILES string of the molecule is COC(=O)c1ccc(Oc2cc(C)c(O)c(C(C)C)c2)cc1. The number of methoxy groups -OCH3 is 1. The molecule has 0 aromatic heterocycles. The highest BCUT2D eigenvalue weighted by molar-refractivity contribution is 5.89. The Hall–Kier alpha value is -2.49. The van der Waals surface area contributed by atoms with E-state index >= 15 is 0 Å². The Labute approximate surface area is 130 Å². The summed E-state index contributed by atoms with van der Waals surface area (Å²) in [5.41, 5.74) is 2.09. The van der Waals surface area contributed by atoms with Crippen LogP contribution in [-0.2, 0) is 4.74 Å². The number of hydrogen-bond acceptors (Lipinski definition) is 4. The zero-order valence-electron chi connectivity index (χ0n) is 13.2. The van der Waals surface area contributed by atoms with Crippen LogP contribution in [0.25, 0.3) is 0 Å². The van der Waals surface area contributed by atoms with Crippen molar-refractivity contribution in [3.8, 4) is 17.2 Å². The molecule has 4 nitrogen and oxygen atoms in total. The smallest absolute Gasteiger partial charge is 0.337 e. The molecule has 2 aromatic carbocycles. The molecule has 0 amide bonds. The molecule has 0 bridgehead atoms. The predicted molar refractivity (Wildman–Crippen MR) is 84.8 cm³/mol. The van der Waals surface area contributed by atoms with Crippen LogP contribution in [0.5, 0.6) is 17.2 Å². The van der Waals surface area contributed by atoms with Crippen molar-refractivity contribution >= 4 is 5.97 Å². The lowest BCUT2D eigenvalue weighted by Crippen LogP contribution is -2.00. The largest absolute Gasteiger partial charge is 0.507 e. The molecule has 1 N–H and O–H groups in total. The van der Waals surface area contributed by atoms with Crippen LogP contribution in [0, 0.1) is 6.92 Å². The Morgan fingerprint density at radius 2 is 1.73 bits per heavy atom. The van der Waals surface area contributed by atoms with E-state index in [9.17, 15) is 9.90 Å². The number of ether oxygens (including phenoxy) is 2. The zero-order valence-corrected chi connectivity index (χ0v) is 13.2. The van der Waals surface area contributed by atoms with Crippen LogP contribution in [0.4, 0.5) is 0 Å². The molecule has 0 aliphatic carbocycles. The number of phenols is 1. The van der Waals surface area contributed by atoms with Gasteiger partial charge in [-0.25, -0.2) is 4.79 Å². The van der Waals surface area contributed by atoms with Gasteiger partial charge in [-0.3, -0.25) is 0 Å². The lowest BCUT2D eigenvalue weighted by atomic mass is 9.99. The van der Waals surface area contributed by atoms with Gasteiger partial charge in [0.25, 0.3) is 0 Å². The van der Waals surface area contributed by atoms with Gasteiger partial charge < -0.3 is 14.6 Å². The van der Waals surface area contributed by atoms with Crippen LogP contribution >= 0.6 is 0 Å². The van der Waals surface area contributed by atoms with E-state index in [0.717, 1.165) is 11.1 Å². The fourth-order valence-corrected chi connectivity index (χ4v) is 2.18. The molecule has 0 saturated heterocycles. The molecule has 0 spiro atoms. The van der Waals surface area contributed by atoms with E-state index < -0.39 is 0 Å². The number of aromatic hydroxyl groups is 1. The minimum Gasteiger partial charge on any atom is -0.507 e. The van der Waals surface area contributed by atoms with E-state index in [4.69, 9.17) is 4.74 Å². The molecule has 0 unspecified atom stereocenters. The third-order valence-corrected chi connectivity index (χ3v) is 3.44. The number of rotatable bonds is 4. The first-order valence-corrected chi connectivity index (χ1v) is 7.12. The molecule has 0 fully saturated rings. The maximum Gasteiger partial charge on any atom is 0.337 e. The van der Waals surface area contributed by atoms with Crippen molar-refractivity contribution in [2.24, 2.45) is 0 Å². The maximum absolute atomic E-state index is 11.4. The molecule has 0 atom stereocenters. The Kier molecular flexibility index (Phi) is 4.71. The lowest BCUT2D eigenvalue weighted by Gasteiger charge is -2.14. The van der Waals surface area contributed by atoms with Crippen LogP contribution in [0.1, 0.15) is 41.3 Å². The van der Waals surface area contributed by atoms with E-state index in [1.165, 1.54) is 7.11 Å². The van der Waals surface area contributed by atoms with Crippen molar-refractivity contribution in [3.05, 3.63) is 53.1 Å². The van der Waals surface area contributed by atoms with Gasteiger partial charge >= 0.3 is 5.97 Å². The second kappa shape index (κ2) is 6.52. The van der Waals surface area contributed by atoms with Crippen LogP contribution < -0.4 is 4.74 Å². The second-order valence-electron chi connectivity index (χ2n) is 5.45. The Bertz CT molecular complexity index is 672. The van der Waals surface area contributed by atoms with Crippen molar-refractivity contribution in [1.82, 2.24) is 0 Å².